The van der Waals surface area contributed by atoms with Crippen molar-refractivity contribution in [2.75, 3.05) is 0 Å². The number of pyridine rings is 1. The van der Waals surface area contributed by atoms with Gasteiger partial charge in [0.15, 0.2) is 0 Å². The summed E-state index contributed by atoms with van der Waals surface area (Å²) in [4.78, 5) is 4.18. The molecule has 2 unspecified atom stereocenters. The molecule has 2 N–H and O–H groups in total. The van der Waals surface area contributed by atoms with Crippen LogP contribution >= 0.6 is 0 Å². The van der Waals surface area contributed by atoms with Crippen molar-refractivity contribution in [1.82, 2.24) is 4.98 Å². The summed E-state index contributed by atoms with van der Waals surface area (Å²) in [5, 5.41) is 0. The van der Waals surface area contributed by atoms with E-state index >= 15 is 0 Å². The number of nitrogens with zero attached hydrogens (tertiary/aromatic N) is 1. The van der Waals surface area contributed by atoms with E-state index in [1.165, 1.54) is 44.1 Å². The van der Waals surface area contributed by atoms with E-state index in [0.29, 0.717) is 0 Å². The second kappa shape index (κ2) is 5.63. The van der Waals surface area contributed by atoms with Gasteiger partial charge in [-0.25, -0.2) is 0 Å². The maximum absolute atomic E-state index is 6.58. The van der Waals surface area contributed by atoms with Crippen LogP contribution in [0, 0.1) is 5.92 Å². The van der Waals surface area contributed by atoms with Crippen LogP contribution in [0.4, 0.5) is 0 Å². The lowest BCUT2D eigenvalue weighted by Crippen LogP contribution is -2.41. The molecule has 0 saturated heterocycles. The van der Waals surface area contributed by atoms with Gasteiger partial charge in [0.1, 0.15) is 0 Å². The molecule has 1 aliphatic carbocycles. The summed E-state index contributed by atoms with van der Waals surface area (Å²) in [6, 6.07) is 4.15. The van der Waals surface area contributed by atoms with E-state index in [9.17, 15) is 0 Å². The molecular weight excluding hydrogens is 208 g/mol. The summed E-state index contributed by atoms with van der Waals surface area (Å²) in [6.45, 7) is 2.30. The van der Waals surface area contributed by atoms with Gasteiger partial charge in [0.25, 0.3) is 0 Å². The van der Waals surface area contributed by atoms with E-state index < -0.39 is 0 Å². The molecule has 0 amide bonds. The van der Waals surface area contributed by atoms with E-state index in [4.69, 9.17) is 5.73 Å². The Morgan fingerprint density at radius 2 is 2.29 bits per heavy atom. The molecule has 0 spiro atoms. The Labute approximate surface area is 105 Å². The Morgan fingerprint density at radius 3 is 3.00 bits per heavy atom. The van der Waals surface area contributed by atoms with Gasteiger partial charge >= 0.3 is 0 Å². The lowest BCUT2D eigenvalue weighted by atomic mass is 9.85. The summed E-state index contributed by atoms with van der Waals surface area (Å²) in [5.41, 5.74) is 7.87. The van der Waals surface area contributed by atoms with E-state index in [2.05, 4.69) is 18.0 Å². The highest BCUT2D eigenvalue weighted by Gasteiger charge is 2.28. The zero-order valence-electron chi connectivity index (χ0n) is 10.9. The normalized spacial score (nSPS) is 29.9. The van der Waals surface area contributed by atoms with Crippen LogP contribution in [-0.4, -0.2) is 10.5 Å². The largest absolute Gasteiger partial charge is 0.325 e. The molecule has 1 fully saturated rings. The van der Waals surface area contributed by atoms with E-state index in [0.717, 1.165) is 12.3 Å². The van der Waals surface area contributed by atoms with E-state index in [1.54, 1.807) is 0 Å². The Balaban J connectivity index is 1.99. The topological polar surface area (TPSA) is 38.9 Å². The molecule has 1 aromatic rings. The molecule has 2 heteroatoms. The van der Waals surface area contributed by atoms with Crippen LogP contribution in [-0.2, 0) is 6.42 Å². The van der Waals surface area contributed by atoms with Crippen LogP contribution in [0.15, 0.2) is 24.5 Å². The van der Waals surface area contributed by atoms with Crippen molar-refractivity contribution >= 4 is 0 Å². The molecule has 1 heterocycles. The maximum atomic E-state index is 6.58. The quantitative estimate of drug-likeness (QED) is 0.812. The molecule has 0 aromatic carbocycles. The SMILES string of the molecule is CCC1CCCC(N)(Cc2cccnc2)CC1. The number of aromatic nitrogens is 1. The van der Waals surface area contributed by atoms with Gasteiger partial charge in [-0.05, 0) is 43.2 Å². The molecule has 2 rings (SSSR count). The van der Waals surface area contributed by atoms with Crippen molar-refractivity contribution in [3.05, 3.63) is 30.1 Å². The fraction of sp³-hybridized carbons (Fsp3) is 0.667. The van der Waals surface area contributed by atoms with Gasteiger partial charge in [-0.1, -0.05) is 32.3 Å². The number of rotatable bonds is 3. The molecule has 94 valence electrons. The third-order valence-electron chi connectivity index (χ3n) is 4.19. The average molecular weight is 232 g/mol. The fourth-order valence-corrected chi connectivity index (χ4v) is 3.00. The Kier molecular flexibility index (Phi) is 4.16. The molecule has 1 saturated carbocycles. The van der Waals surface area contributed by atoms with Crippen molar-refractivity contribution < 1.29 is 0 Å². The smallest absolute Gasteiger partial charge is 0.0300 e. The minimum absolute atomic E-state index is 0.00690. The minimum atomic E-state index is 0.00690. The second-order valence-electron chi connectivity index (χ2n) is 5.61. The summed E-state index contributed by atoms with van der Waals surface area (Å²) < 4.78 is 0. The van der Waals surface area contributed by atoms with E-state index in [-0.39, 0.29) is 5.54 Å². The van der Waals surface area contributed by atoms with Crippen LogP contribution in [0.5, 0.6) is 0 Å². The van der Waals surface area contributed by atoms with Gasteiger partial charge in [0.05, 0.1) is 0 Å². The third-order valence-corrected chi connectivity index (χ3v) is 4.19. The standard InChI is InChI=1S/C15H24N2/c1-2-13-5-3-8-15(16,9-7-13)11-14-6-4-10-17-12-14/h4,6,10,12-13H,2-3,5,7-9,11,16H2,1H3. The first-order valence-corrected chi connectivity index (χ1v) is 6.90. The first-order valence-electron chi connectivity index (χ1n) is 6.90. The monoisotopic (exact) mass is 232 g/mol. The second-order valence-corrected chi connectivity index (χ2v) is 5.61. The summed E-state index contributed by atoms with van der Waals surface area (Å²) in [5.74, 6) is 0.898. The van der Waals surface area contributed by atoms with Gasteiger partial charge in [0, 0.05) is 17.9 Å². The van der Waals surface area contributed by atoms with Crippen LogP contribution in [0.1, 0.15) is 51.0 Å². The summed E-state index contributed by atoms with van der Waals surface area (Å²) >= 11 is 0. The molecule has 0 radical (unpaired) electrons. The van der Waals surface area contributed by atoms with Gasteiger partial charge in [-0.3, -0.25) is 4.98 Å². The molecule has 0 bridgehead atoms. The number of hydrogen-bond donors (Lipinski definition) is 1. The highest BCUT2D eigenvalue weighted by Crippen LogP contribution is 2.32. The lowest BCUT2D eigenvalue weighted by molar-refractivity contribution is 0.358. The molecule has 2 nitrogen and oxygen atoms in total. The third kappa shape index (κ3) is 3.53. The Bertz CT molecular complexity index is 336. The molecular formula is C15H24N2. The molecule has 17 heavy (non-hydrogen) atoms. The average Bonchev–Trinajstić information content (AvgIpc) is 2.52. The first kappa shape index (κ1) is 12.6. The van der Waals surface area contributed by atoms with Gasteiger partial charge in [-0.2, -0.15) is 0 Å². The van der Waals surface area contributed by atoms with Crippen molar-refractivity contribution in [2.45, 2.75) is 57.4 Å². The minimum Gasteiger partial charge on any atom is -0.325 e. The zero-order chi connectivity index (χ0) is 12.1. The maximum Gasteiger partial charge on any atom is 0.0300 e. The molecule has 1 aliphatic rings. The highest BCUT2D eigenvalue weighted by atomic mass is 14.7. The van der Waals surface area contributed by atoms with E-state index in [1.807, 2.05) is 18.5 Å². The zero-order valence-corrected chi connectivity index (χ0v) is 10.9. The Morgan fingerprint density at radius 1 is 1.41 bits per heavy atom. The predicted octanol–water partition coefficient (Wildman–Crippen LogP) is 3.31. The van der Waals surface area contributed by atoms with Crippen LogP contribution in [0.2, 0.25) is 0 Å². The van der Waals surface area contributed by atoms with Crippen LogP contribution in [0.3, 0.4) is 0 Å². The van der Waals surface area contributed by atoms with Crippen LogP contribution < -0.4 is 5.73 Å². The van der Waals surface area contributed by atoms with Crippen molar-refractivity contribution in [1.29, 1.82) is 0 Å². The highest BCUT2D eigenvalue weighted by molar-refractivity contribution is 5.13. The fourth-order valence-electron chi connectivity index (χ4n) is 3.00. The van der Waals surface area contributed by atoms with Crippen molar-refractivity contribution in [3.8, 4) is 0 Å². The molecule has 1 aromatic heterocycles. The first-order chi connectivity index (χ1) is 8.22. The lowest BCUT2D eigenvalue weighted by Gasteiger charge is -2.28. The van der Waals surface area contributed by atoms with Gasteiger partial charge < -0.3 is 5.73 Å². The van der Waals surface area contributed by atoms with Crippen LogP contribution in [0.25, 0.3) is 0 Å². The van der Waals surface area contributed by atoms with Crippen molar-refractivity contribution in [2.24, 2.45) is 11.7 Å². The van der Waals surface area contributed by atoms with Gasteiger partial charge in [-0.15, -0.1) is 0 Å². The number of hydrogen-bond acceptors (Lipinski definition) is 2. The molecule has 2 atom stereocenters. The number of nitrogens with two attached hydrogens (primary N) is 1. The summed E-state index contributed by atoms with van der Waals surface area (Å²) in [6.07, 6.45) is 12.4. The molecule has 0 aliphatic heterocycles. The Hall–Kier alpha value is -0.890. The predicted molar refractivity (Wildman–Crippen MR) is 71.7 cm³/mol. The summed E-state index contributed by atoms with van der Waals surface area (Å²) in [7, 11) is 0. The van der Waals surface area contributed by atoms with Crippen molar-refractivity contribution in [3.63, 3.8) is 0 Å². The van der Waals surface area contributed by atoms with Gasteiger partial charge in [0.2, 0.25) is 0 Å².